The molecule has 4 aromatic carbocycles. The third-order valence-electron chi connectivity index (χ3n) is 8.23. The van der Waals surface area contributed by atoms with Gasteiger partial charge in [0, 0.05) is 43.7 Å². The van der Waals surface area contributed by atoms with Crippen LogP contribution in [0.25, 0.3) is 10.8 Å². The van der Waals surface area contributed by atoms with Crippen LogP contribution in [0.2, 0.25) is 5.02 Å². The molecule has 0 aliphatic carbocycles. The Kier molecular flexibility index (Phi) is 8.33. The van der Waals surface area contributed by atoms with E-state index in [1.165, 1.54) is 27.5 Å². The maximum atomic E-state index is 14.0. The summed E-state index contributed by atoms with van der Waals surface area (Å²) in [6.07, 6.45) is 1.84. The zero-order chi connectivity index (χ0) is 28.2. The predicted molar refractivity (Wildman–Crippen MR) is 164 cm³/mol. The molecule has 0 radical (unpaired) electrons. The number of hydrogen-bond donors (Lipinski definition) is 3. The van der Waals surface area contributed by atoms with Crippen LogP contribution in [0.1, 0.15) is 22.3 Å². The monoisotopic (exact) mass is 566 g/mol. The largest absolute Gasteiger partial charge is 0.343 e. The quantitative estimate of drug-likeness (QED) is 0.312. The van der Waals surface area contributed by atoms with Crippen molar-refractivity contribution in [3.63, 3.8) is 0 Å². The zero-order valence-corrected chi connectivity index (χ0v) is 23.7. The van der Waals surface area contributed by atoms with Gasteiger partial charge in [-0.3, -0.25) is 9.59 Å². The lowest BCUT2D eigenvalue weighted by Gasteiger charge is -2.36. The fourth-order valence-electron chi connectivity index (χ4n) is 6.00. The number of piperazine rings is 1. The van der Waals surface area contributed by atoms with E-state index in [9.17, 15) is 9.59 Å². The molecular formula is C34H35ClN4O2. The molecule has 6 nitrogen and oxygen atoms in total. The Bertz CT molecular complexity index is 1540. The number of fused-ring (bicyclic) bond motifs is 2. The Hall–Kier alpha value is -3.71. The molecule has 1 saturated heterocycles. The second-order valence-electron chi connectivity index (χ2n) is 11.1. The topological polar surface area (TPSA) is 73.5 Å². The third kappa shape index (κ3) is 6.62. The van der Waals surface area contributed by atoms with Crippen LogP contribution in [-0.2, 0) is 35.4 Å². The van der Waals surface area contributed by atoms with Crippen LogP contribution in [0.15, 0.2) is 91.0 Å². The lowest BCUT2D eigenvalue weighted by atomic mass is 9.95. The van der Waals surface area contributed by atoms with Crippen LogP contribution in [0, 0.1) is 0 Å². The Morgan fingerprint density at radius 1 is 0.878 bits per heavy atom. The highest BCUT2D eigenvalue weighted by Crippen LogP contribution is 2.20. The van der Waals surface area contributed by atoms with Crippen molar-refractivity contribution in [2.45, 2.75) is 43.9 Å². The molecule has 0 aromatic heterocycles. The van der Waals surface area contributed by atoms with Crippen molar-refractivity contribution in [2.24, 2.45) is 0 Å². The summed E-state index contributed by atoms with van der Waals surface area (Å²) in [5, 5.41) is 13.1. The van der Waals surface area contributed by atoms with Gasteiger partial charge in [-0.05, 0) is 58.0 Å². The third-order valence-corrected chi connectivity index (χ3v) is 8.48. The van der Waals surface area contributed by atoms with Crippen LogP contribution in [0.3, 0.4) is 0 Å². The van der Waals surface area contributed by atoms with Gasteiger partial charge >= 0.3 is 0 Å². The average molecular weight is 567 g/mol. The summed E-state index contributed by atoms with van der Waals surface area (Å²) in [5.74, 6) is -0.191. The number of amides is 2. The molecule has 7 heteroatoms. The number of benzene rings is 4. The van der Waals surface area contributed by atoms with E-state index in [4.69, 9.17) is 11.6 Å². The maximum Gasteiger partial charge on any atom is 0.245 e. The standard InChI is InChI=1S/C34H35ClN4O2/c35-29-13-10-23(11-14-29)19-32(38-33(40)31-20-27-7-3-4-8-28(27)21-37-31)34(41)39-16-15-36-30(22-39)18-24-9-12-25-5-1-2-6-26(25)17-24/h1-14,17,30-32,36-37H,15-16,18-22H2,(H,38,40)/t30-,31-,32-/m1/s1. The zero-order valence-electron chi connectivity index (χ0n) is 23.0. The number of hydrogen-bond acceptors (Lipinski definition) is 4. The van der Waals surface area contributed by atoms with Gasteiger partial charge in [0.15, 0.2) is 0 Å². The molecule has 6 rings (SSSR count). The van der Waals surface area contributed by atoms with E-state index in [0.29, 0.717) is 44.0 Å². The van der Waals surface area contributed by atoms with Gasteiger partial charge in [-0.15, -0.1) is 0 Å². The first-order valence-electron chi connectivity index (χ1n) is 14.4. The van der Waals surface area contributed by atoms with Gasteiger partial charge in [0.05, 0.1) is 6.04 Å². The molecule has 0 unspecified atom stereocenters. The van der Waals surface area contributed by atoms with Crippen molar-refractivity contribution in [3.8, 4) is 0 Å². The van der Waals surface area contributed by atoms with E-state index in [1.54, 1.807) is 0 Å². The molecule has 3 atom stereocenters. The van der Waals surface area contributed by atoms with E-state index in [2.05, 4.69) is 70.5 Å². The molecule has 0 saturated carbocycles. The highest BCUT2D eigenvalue weighted by atomic mass is 35.5. The van der Waals surface area contributed by atoms with Crippen molar-refractivity contribution in [2.75, 3.05) is 19.6 Å². The second kappa shape index (κ2) is 12.4. The first-order chi connectivity index (χ1) is 20.0. The highest BCUT2D eigenvalue weighted by molar-refractivity contribution is 6.30. The van der Waals surface area contributed by atoms with Crippen molar-refractivity contribution < 1.29 is 9.59 Å². The number of rotatable bonds is 7. The summed E-state index contributed by atoms with van der Waals surface area (Å²) in [5.41, 5.74) is 4.58. The molecule has 2 heterocycles. The van der Waals surface area contributed by atoms with E-state index < -0.39 is 6.04 Å². The van der Waals surface area contributed by atoms with Crippen molar-refractivity contribution in [3.05, 3.63) is 118 Å². The normalized spacial score (nSPS) is 19.4. The molecule has 2 amide bonds. The minimum absolute atomic E-state index is 0.0467. The van der Waals surface area contributed by atoms with Gasteiger partial charge in [0.2, 0.25) is 11.8 Å². The summed E-state index contributed by atoms with van der Waals surface area (Å²) in [6, 6.07) is 29.7. The lowest BCUT2D eigenvalue weighted by Crippen LogP contribution is -2.60. The first-order valence-corrected chi connectivity index (χ1v) is 14.7. The van der Waals surface area contributed by atoms with E-state index in [0.717, 1.165) is 12.0 Å². The van der Waals surface area contributed by atoms with E-state index >= 15 is 0 Å². The van der Waals surface area contributed by atoms with Gasteiger partial charge in [0.1, 0.15) is 6.04 Å². The van der Waals surface area contributed by atoms with Crippen LogP contribution < -0.4 is 16.0 Å². The Morgan fingerprint density at radius 3 is 2.44 bits per heavy atom. The summed E-state index contributed by atoms with van der Waals surface area (Å²) in [6.45, 7) is 2.55. The molecule has 41 heavy (non-hydrogen) atoms. The van der Waals surface area contributed by atoms with Crippen molar-refractivity contribution in [1.82, 2.24) is 20.9 Å². The Morgan fingerprint density at radius 2 is 1.61 bits per heavy atom. The Balaban J connectivity index is 1.16. The van der Waals surface area contributed by atoms with Gasteiger partial charge in [-0.25, -0.2) is 0 Å². The molecular weight excluding hydrogens is 532 g/mol. The molecule has 0 spiro atoms. The number of carbonyl (C=O) groups is 2. The highest BCUT2D eigenvalue weighted by Gasteiger charge is 2.32. The smallest absolute Gasteiger partial charge is 0.245 e. The van der Waals surface area contributed by atoms with Gasteiger partial charge < -0.3 is 20.9 Å². The summed E-state index contributed by atoms with van der Waals surface area (Å²) in [7, 11) is 0. The van der Waals surface area contributed by atoms with Gasteiger partial charge in [-0.1, -0.05) is 90.5 Å². The van der Waals surface area contributed by atoms with Crippen LogP contribution >= 0.6 is 11.6 Å². The minimum atomic E-state index is -0.665. The predicted octanol–water partition coefficient (Wildman–Crippen LogP) is 4.28. The van der Waals surface area contributed by atoms with Crippen molar-refractivity contribution >= 4 is 34.2 Å². The van der Waals surface area contributed by atoms with Gasteiger partial charge in [0.25, 0.3) is 0 Å². The molecule has 0 bridgehead atoms. The van der Waals surface area contributed by atoms with Crippen LogP contribution in [-0.4, -0.2) is 54.5 Å². The molecule has 3 N–H and O–H groups in total. The van der Waals surface area contributed by atoms with Gasteiger partial charge in [-0.2, -0.15) is 0 Å². The van der Waals surface area contributed by atoms with E-state index in [1.807, 2.05) is 41.3 Å². The summed E-state index contributed by atoms with van der Waals surface area (Å²) < 4.78 is 0. The maximum absolute atomic E-state index is 14.0. The fourth-order valence-corrected chi connectivity index (χ4v) is 6.13. The summed E-state index contributed by atoms with van der Waals surface area (Å²) in [4.78, 5) is 29.4. The molecule has 210 valence electrons. The molecule has 2 aliphatic heterocycles. The lowest BCUT2D eigenvalue weighted by molar-refractivity contribution is -0.138. The van der Waals surface area contributed by atoms with E-state index in [-0.39, 0.29) is 23.9 Å². The fraction of sp³-hybridized carbons (Fsp3) is 0.294. The van der Waals surface area contributed by atoms with Crippen LogP contribution in [0.5, 0.6) is 0 Å². The Labute approximate surface area is 246 Å². The summed E-state index contributed by atoms with van der Waals surface area (Å²) >= 11 is 6.11. The first kappa shape index (κ1) is 27.5. The molecule has 1 fully saturated rings. The van der Waals surface area contributed by atoms with Crippen LogP contribution in [0.4, 0.5) is 0 Å². The average Bonchev–Trinajstić information content (AvgIpc) is 3.01. The van der Waals surface area contributed by atoms with Crippen molar-refractivity contribution in [1.29, 1.82) is 0 Å². The molecule has 2 aliphatic rings. The second-order valence-corrected chi connectivity index (χ2v) is 11.6. The number of nitrogens with zero attached hydrogens (tertiary/aromatic N) is 1. The number of halogens is 1. The SMILES string of the molecule is O=C(N[C@H](Cc1ccc(Cl)cc1)C(=O)N1CCN[C@H](Cc2ccc3ccccc3c2)C1)[C@H]1Cc2ccccc2CN1. The minimum Gasteiger partial charge on any atom is -0.343 e. The number of carbonyl (C=O) groups excluding carboxylic acids is 2. The molecule has 4 aromatic rings. The number of nitrogens with one attached hydrogen (secondary N) is 3.